The molecule has 0 aromatic carbocycles. The van der Waals surface area contributed by atoms with Gasteiger partial charge in [-0.3, -0.25) is 0 Å². The molecular weight excluding hydrogens is 209 g/mol. The van der Waals surface area contributed by atoms with Crippen LogP contribution in [0.4, 0.5) is 4.79 Å². The summed E-state index contributed by atoms with van der Waals surface area (Å²) in [7, 11) is 0. The van der Waals surface area contributed by atoms with Crippen molar-refractivity contribution in [3.63, 3.8) is 0 Å². The average Bonchev–Trinajstić information content (AvgIpc) is 1.87. The molecule has 0 atom stereocenters. The summed E-state index contributed by atoms with van der Waals surface area (Å²) >= 11 is -0.439. The second-order valence-corrected chi connectivity index (χ2v) is 4.11. The monoisotopic (exact) mass is 213 g/mol. The molecule has 0 spiro atoms. The Bertz CT molecular complexity index is 131. The van der Waals surface area contributed by atoms with Crippen molar-refractivity contribution in [2.45, 2.75) is 6.92 Å². The fraction of sp³-hybridized carbons (Fsp3) is 0.333. The summed E-state index contributed by atoms with van der Waals surface area (Å²) in [6.07, 6.45) is 0. The van der Waals surface area contributed by atoms with Gasteiger partial charge in [-0.2, -0.15) is 0 Å². The molecule has 0 radical (unpaired) electrons. The van der Waals surface area contributed by atoms with E-state index in [-0.39, 0.29) is 3.98 Å². The first-order valence-corrected chi connectivity index (χ1v) is 3.90. The maximum Gasteiger partial charge on any atom is 0.381 e. The van der Waals surface area contributed by atoms with Gasteiger partial charge in [-0.1, -0.05) is 0 Å². The van der Waals surface area contributed by atoms with Gasteiger partial charge in [0.15, 0.2) is 0 Å². The van der Waals surface area contributed by atoms with E-state index < -0.39 is 20.7 Å². The highest BCUT2D eigenvalue weighted by atomic mass is 127. The number of hydrogen-bond donors (Lipinski definition) is 1. The largest absolute Gasteiger partial charge is 0.381 e. The Balaban J connectivity index is 2.67. The molecule has 0 unspecified atom stereocenters. The van der Waals surface area contributed by atoms with Gasteiger partial charge in [0, 0.05) is 20.7 Å². The smallest absolute Gasteiger partial charge is 0.358 e. The normalized spacial score (nSPS) is 20.1. The van der Waals surface area contributed by atoms with Crippen molar-refractivity contribution in [3.05, 3.63) is 0 Å². The van der Waals surface area contributed by atoms with E-state index in [2.05, 4.69) is 10.3 Å². The van der Waals surface area contributed by atoms with Crippen LogP contribution in [0, 0.1) is 0 Å². The van der Waals surface area contributed by atoms with Crippen LogP contribution in [-0.4, -0.2) is 7.61 Å². The van der Waals surface area contributed by atoms with Gasteiger partial charge in [-0.05, 0) is 6.92 Å². The van der Waals surface area contributed by atoms with Crippen molar-refractivity contribution < 1.29 is 9.63 Å². The third-order valence-electron chi connectivity index (χ3n) is 0.491. The molecule has 1 heterocycles. The van der Waals surface area contributed by atoms with Crippen LogP contribution in [0.3, 0.4) is 0 Å². The summed E-state index contributed by atoms with van der Waals surface area (Å²) in [6, 6.07) is 0. The molecule has 40 valence electrons. The lowest BCUT2D eigenvalue weighted by Crippen LogP contribution is -2.12. The molecule has 0 saturated carbocycles. The predicted octanol–water partition coefficient (Wildman–Crippen LogP) is 0.762. The van der Waals surface area contributed by atoms with Crippen molar-refractivity contribution in [2.24, 2.45) is 0 Å². The summed E-state index contributed by atoms with van der Waals surface area (Å²) < 4.78 is 0.903. The van der Waals surface area contributed by atoms with Gasteiger partial charge in [0.05, 0.1) is 3.63 Å². The standard InChI is InChI=1S/C3H4INO2/c1-2-4-3(6)7-5-2/h5H,1H3. The zero-order valence-electron chi connectivity index (χ0n) is 3.69. The van der Waals surface area contributed by atoms with E-state index in [9.17, 15) is 4.79 Å². The van der Waals surface area contributed by atoms with E-state index in [0.717, 1.165) is 3.63 Å². The average molecular weight is 213 g/mol. The Morgan fingerprint density at radius 2 is 2.57 bits per heavy atom. The number of rotatable bonds is 0. The number of carbonyl (C=O) groups is 1. The minimum Gasteiger partial charge on any atom is -0.358 e. The SMILES string of the molecule is CC1=IC(=O)ON1. The number of hydrogen-bond acceptors (Lipinski definition) is 3. The van der Waals surface area contributed by atoms with E-state index in [1.807, 2.05) is 6.92 Å². The minimum absolute atomic E-state index is 0.0868. The van der Waals surface area contributed by atoms with E-state index in [0.29, 0.717) is 0 Å². The molecule has 0 aromatic heterocycles. The summed E-state index contributed by atoms with van der Waals surface area (Å²) in [5.41, 5.74) is 2.49. The Labute approximate surface area is 50.7 Å². The van der Waals surface area contributed by atoms with Crippen LogP contribution >= 0.6 is 20.7 Å². The quantitative estimate of drug-likeness (QED) is 0.476. The molecular formula is C3H4INO2. The zero-order valence-corrected chi connectivity index (χ0v) is 5.85. The Kier molecular flexibility index (Phi) is 1.38. The molecule has 0 fully saturated rings. The van der Waals surface area contributed by atoms with Crippen LogP contribution in [0.5, 0.6) is 0 Å². The molecule has 3 nitrogen and oxygen atoms in total. The molecule has 1 rings (SSSR count). The maximum atomic E-state index is 10.2. The highest BCUT2D eigenvalue weighted by Crippen LogP contribution is 2.08. The Morgan fingerprint density at radius 3 is 2.71 bits per heavy atom. The zero-order chi connectivity index (χ0) is 5.28. The van der Waals surface area contributed by atoms with Crippen LogP contribution in [0.25, 0.3) is 0 Å². The topological polar surface area (TPSA) is 38.3 Å². The van der Waals surface area contributed by atoms with Gasteiger partial charge in [-0.15, -0.1) is 5.48 Å². The Hall–Kier alpha value is 0.0300. The van der Waals surface area contributed by atoms with Gasteiger partial charge >= 0.3 is 3.98 Å². The van der Waals surface area contributed by atoms with Gasteiger partial charge < -0.3 is 4.84 Å². The molecule has 1 N–H and O–H groups in total. The molecule has 4 heteroatoms. The molecule has 0 saturated heterocycles. The lowest BCUT2D eigenvalue weighted by Gasteiger charge is -1.86. The van der Waals surface area contributed by atoms with Crippen molar-refractivity contribution in [2.75, 3.05) is 0 Å². The Morgan fingerprint density at radius 1 is 1.86 bits per heavy atom. The summed E-state index contributed by atoms with van der Waals surface area (Å²) in [4.78, 5) is 14.6. The first-order valence-electron chi connectivity index (χ1n) is 1.74. The van der Waals surface area contributed by atoms with Crippen LogP contribution in [0.1, 0.15) is 6.92 Å². The lowest BCUT2D eigenvalue weighted by atomic mass is 10.8. The summed E-state index contributed by atoms with van der Waals surface area (Å²) in [6.45, 7) is 1.86. The van der Waals surface area contributed by atoms with Gasteiger partial charge in [0.1, 0.15) is 0 Å². The number of carbonyl (C=O) groups excluding carboxylic acids is 1. The summed E-state index contributed by atoms with van der Waals surface area (Å²) in [5, 5.41) is 0. The third-order valence-corrected chi connectivity index (χ3v) is 2.18. The van der Waals surface area contributed by atoms with E-state index in [4.69, 9.17) is 0 Å². The predicted molar refractivity (Wildman–Crippen MR) is 34.3 cm³/mol. The van der Waals surface area contributed by atoms with Crippen molar-refractivity contribution in [1.29, 1.82) is 0 Å². The highest BCUT2D eigenvalue weighted by molar-refractivity contribution is 14.2. The second kappa shape index (κ2) is 1.87. The van der Waals surface area contributed by atoms with E-state index >= 15 is 0 Å². The number of nitrogens with one attached hydrogen (secondary N) is 1. The highest BCUT2D eigenvalue weighted by Gasteiger charge is 2.07. The maximum absolute atomic E-state index is 10.2. The summed E-state index contributed by atoms with van der Waals surface area (Å²) in [5.74, 6) is 0. The first kappa shape index (κ1) is 5.17. The molecule has 0 bridgehead atoms. The molecule has 7 heavy (non-hydrogen) atoms. The van der Waals surface area contributed by atoms with Crippen LogP contribution in [0.15, 0.2) is 0 Å². The molecule has 0 aromatic rings. The molecule has 1 aliphatic rings. The first-order chi connectivity index (χ1) is 3.29. The van der Waals surface area contributed by atoms with Crippen molar-refractivity contribution in [3.8, 4) is 0 Å². The minimum atomic E-state index is -0.439. The van der Waals surface area contributed by atoms with E-state index in [1.54, 1.807) is 0 Å². The van der Waals surface area contributed by atoms with Crippen LogP contribution in [-0.2, 0) is 4.84 Å². The van der Waals surface area contributed by atoms with Crippen molar-refractivity contribution in [1.82, 2.24) is 5.48 Å². The van der Waals surface area contributed by atoms with E-state index in [1.165, 1.54) is 0 Å². The van der Waals surface area contributed by atoms with Crippen molar-refractivity contribution >= 4 is 28.3 Å². The van der Waals surface area contributed by atoms with Gasteiger partial charge in [0.25, 0.3) is 0 Å². The fourth-order valence-corrected chi connectivity index (χ4v) is 1.37. The van der Waals surface area contributed by atoms with Crippen LogP contribution < -0.4 is 5.48 Å². The van der Waals surface area contributed by atoms with Gasteiger partial charge in [-0.25, -0.2) is 4.79 Å². The van der Waals surface area contributed by atoms with Crippen LogP contribution in [0.2, 0.25) is 0 Å². The second-order valence-electron chi connectivity index (χ2n) is 1.07. The fourth-order valence-electron chi connectivity index (χ4n) is 0.265. The number of hydroxylamine groups is 1. The number of halogens is 1. The third kappa shape index (κ3) is 1.20. The molecule has 0 amide bonds. The molecule has 1 aliphatic heterocycles. The molecule has 0 aliphatic carbocycles. The van der Waals surface area contributed by atoms with Gasteiger partial charge in [0.2, 0.25) is 0 Å². The lowest BCUT2D eigenvalue weighted by molar-refractivity contribution is 0.155.